The third kappa shape index (κ3) is 1.38. The van der Waals surface area contributed by atoms with Crippen LogP contribution in [0.4, 0.5) is 0 Å². The van der Waals surface area contributed by atoms with Crippen LogP contribution in [0.2, 0.25) is 0 Å². The van der Waals surface area contributed by atoms with Crippen LogP contribution < -0.4 is 0 Å². The Bertz CT molecular complexity index is 234. The fourth-order valence-electron chi connectivity index (χ4n) is 1.78. The lowest BCUT2D eigenvalue weighted by atomic mass is 9.70. The normalized spacial score (nSPS) is 20.4. The van der Waals surface area contributed by atoms with Gasteiger partial charge in [0.25, 0.3) is 0 Å². The first-order valence-corrected chi connectivity index (χ1v) is 5.06. The topological polar surface area (TPSA) is 17.8 Å². The lowest BCUT2D eigenvalue weighted by molar-refractivity contribution is 0.133. The number of hydrogen-bond donors (Lipinski definition) is 1. The van der Waals surface area contributed by atoms with Crippen LogP contribution in [0, 0.1) is 5.41 Å². The largest absolute Gasteiger partial charge is 0.272 e. The lowest BCUT2D eigenvalue weighted by Gasteiger charge is -2.40. The van der Waals surface area contributed by atoms with Crippen molar-refractivity contribution in [2.75, 3.05) is 5.75 Å². The number of aromatic nitrogens is 2. The smallest absolute Gasteiger partial charge is 0.0489 e. The monoisotopic (exact) mass is 182 g/mol. The van der Waals surface area contributed by atoms with Crippen LogP contribution >= 0.6 is 12.6 Å². The van der Waals surface area contributed by atoms with Gasteiger partial charge in [-0.15, -0.1) is 0 Å². The average molecular weight is 182 g/mol. The molecule has 0 radical (unpaired) electrons. The van der Waals surface area contributed by atoms with Gasteiger partial charge in [-0.05, 0) is 30.1 Å². The Labute approximate surface area is 78.4 Å². The van der Waals surface area contributed by atoms with E-state index in [-0.39, 0.29) is 0 Å². The summed E-state index contributed by atoms with van der Waals surface area (Å²) in [5.74, 6) is 0.993. The molecule has 12 heavy (non-hydrogen) atoms. The highest BCUT2D eigenvalue weighted by molar-refractivity contribution is 7.80. The van der Waals surface area contributed by atoms with Gasteiger partial charge in [0, 0.05) is 18.9 Å². The predicted octanol–water partition coefficient (Wildman–Crippen LogP) is 1.98. The van der Waals surface area contributed by atoms with Crippen LogP contribution in [0.3, 0.4) is 0 Å². The molecule has 0 unspecified atom stereocenters. The maximum Gasteiger partial charge on any atom is 0.0489 e. The zero-order valence-corrected chi connectivity index (χ0v) is 8.00. The molecule has 1 aromatic heterocycles. The number of hydrogen-bond acceptors (Lipinski definition) is 2. The second-order valence-corrected chi connectivity index (χ2v) is 4.03. The van der Waals surface area contributed by atoms with Gasteiger partial charge in [-0.3, -0.25) is 4.68 Å². The van der Waals surface area contributed by atoms with Crippen molar-refractivity contribution in [2.45, 2.75) is 25.8 Å². The first-order valence-electron chi connectivity index (χ1n) is 4.43. The minimum atomic E-state index is 0.454. The van der Waals surface area contributed by atoms with E-state index in [1.54, 1.807) is 0 Å². The third-order valence-corrected chi connectivity index (χ3v) is 3.48. The van der Waals surface area contributed by atoms with Crippen LogP contribution in [0.15, 0.2) is 18.5 Å². The van der Waals surface area contributed by atoms with Crippen molar-refractivity contribution in [3.8, 4) is 0 Å². The Kier molecular flexibility index (Phi) is 2.13. The highest BCUT2D eigenvalue weighted by Crippen LogP contribution is 2.42. The van der Waals surface area contributed by atoms with Crippen LogP contribution in [0.5, 0.6) is 0 Å². The molecule has 0 N–H and O–H groups in total. The molecule has 0 amide bonds. The summed E-state index contributed by atoms with van der Waals surface area (Å²) in [5.41, 5.74) is 0.454. The Morgan fingerprint density at radius 1 is 1.50 bits per heavy atom. The summed E-state index contributed by atoms with van der Waals surface area (Å²) in [7, 11) is 0. The molecule has 3 heteroatoms. The minimum Gasteiger partial charge on any atom is -0.272 e. The molecule has 0 aliphatic heterocycles. The molecule has 1 fully saturated rings. The average Bonchev–Trinajstić information content (AvgIpc) is 2.49. The van der Waals surface area contributed by atoms with Crippen LogP contribution in [-0.2, 0) is 6.54 Å². The predicted molar refractivity (Wildman–Crippen MR) is 52.4 cm³/mol. The fourth-order valence-corrected chi connectivity index (χ4v) is 2.20. The molecule has 0 aromatic carbocycles. The quantitative estimate of drug-likeness (QED) is 0.708. The van der Waals surface area contributed by atoms with Crippen molar-refractivity contribution < 1.29 is 0 Å². The van der Waals surface area contributed by atoms with Gasteiger partial charge in [-0.25, -0.2) is 0 Å². The van der Waals surface area contributed by atoms with E-state index in [1.807, 2.05) is 23.1 Å². The van der Waals surface area contributed by atoms with Gasteiger partial charge >= 0.3 is 0 Å². The minimum absolute atomic E-state index is 0.454. The molecular formula is C9H14N2S. The summed E-state index contributed by atoms with van der Waals surface area (Å²) >= 11 is 4.40. The summed E-state index contributed by atoms with van der Waals surface area (Å²) in [6.45, 7) is 1.05. The van der Waals surface area contributed by atoms with Gasteiger partial charge in [0.15, 0.2) is 0 Å². The standard InChI is InChI=1S/C9H14N2S/c12-8-9(3-1-4-9)7-11-6-2-5-10-11/h2,5-6,12H,1,3-4,7-8H2. The molecule has 0 saturated heterocycles. The van der Waals surface area contributed by atoms with Gasteiger partial charge in [-0.1, -0.05) is 6.42 Å². The molecular weight excluding hydrogens is 168 g/mol. The van der Waals surface area contributed by atoms with Gasteiger partial charge in [0.1, 0.15) is 0 Å². The molecule has 0 spiro atoms. The number of nitrogens with zero attached hydrogens (tertiary/aromatic N) is 2. The molecule has 1 saturated carbocycles. The van der Waals surface area contributed by atoms with Crippen molar-refractivity contribution in [3.63, 3.8) is 0 Å². The Balaban J connectivity index is 2.01. The second-order valence-electron chi connectivity index (χ2n) is 3.72. The first kappa shape index (κ1) is 8.17. The Morgan fingerprint density at radius 3 is 2.75 bits per heavy atom. The van der Waals surface area contributed by atoms with E-state index in [4.69, 9.17) is 0 Å². The third-order valence-electron chi connectivity index (χ3n) is 2.81. The molecule has 66 valence electrons. The Morgan fingerprint density at radius 2 is 2.33 bits per heavy atom. The van der Waals surface area contributed by atoms with Crippen molar-refractivity contribution in [1.29, 1.82) is 0 Å². The van der Waals surface area contributed by atoms with E-state index in [1.165, 1.54) is 19.3 Å². The molecule has 1 aliphatic rings. The van der Waals surface area contributed by atoms with Crippen molar-refractivity contribution in [3.05, 3.63) is 18.5 Å². The zero-order valence-electron chi connectivity index (χ0n) is 7.11. The zero-order chi connectivity index (χ0) is 8.44. The summed E-state index contributed by atoms with van der Waals surface area (Å²) in [6.07, 6.45) is 7.86. The van der Waals surface area contributed by atoms with E-state index in [0.717, 1.165) is 12.3 Å². The molecule has 0 bridgehead atoms. The second kappa shape index (κ2) is 3.13. The van der Waals surface area contributed by atoms with E-state index >= 15 is 0 Å². The SMILES string of the molecule is SCC1(Cn2cccn2)CCC1. The van der Waals surface area contributed by atoms with Gasteiger partial charge < -0.3 is 0 Å². The van der Waals surface area contributed by atoms with E-state index in [9.17, 15) is 0 Å². The maximum atomic E-state index is 4.40. The molecule has 0 atom stereocenters. The molecule has 2 nitrogen and oxygen atoms in total. The summed E-state index contributed by atoms with van der Waals surface area (Å²) < 4.78 is 2.02. The van der Waals surface area contributed by atoms with E-state index in [0.29, 0.717) is 5.41 Å². The highest BCUT2D eigenvalue weighted by atomic mass is 32.1. The Hall–Kier alpha value is -0.440. The van der Waals surface area contributed by atoms with Crippen molar-refractivity contribution in [1.82, 2.24) is 9.78 Å². The van der Waals surface area contributed by atoms with Crippen LogP contribution in [-0.4, -0.2) is 15.5 Å². The van der Waals surface area contributed by atoms with Crippen molar-refractivity contribution >= 4 is 12.6 Å². The molecule has 2 rings (SSSR count). The molecule has 1 aromatic rings. The highest BCUT2D eigenvalue weighted by Gasteiger charge is 2.35. The number of thiol groups is 1. The summed E-state index contributed by atoms with van der Waals surface area (Å²) in [4.78, 5) is 0. The van der Waals surface area contributed by atoms with Crippen molar-refractivity contribution in [2.24, 2.45) is 5.41 Å². The van der Waals surface area contributed by atoms with E-state index in [2.05, 4.69) is 17.7 Å². The fraction of sp³-hybridized carbons (Fsp3) is 0.667. The molecule has 1 heterocycles. The number of rotatable bonds is 3. The van der Waals surface area contributed by atoms with Gasteiger partial charge in [-0.2, -0.15) is 17.7 Å². The molecule has 1 aliphatic carbocycles. The first-order chi connectivity index (χ1) is 5.85. The van der Waals surface area contributed by atoms with Crippen LogP contribution in [0.25, 0.3) is 0 Å². The summed E-state index contributed by atoms with van der Waals surface area (Å²) in [5, 5.41) is 4.21. The summed E-state index contributed by atoms with van der Waals surface area (Å²) in [6, 6.07) is 1.98. The maximum absolute atomic E-state index is 4.40. The van der Waals surface area contributed by atoms with E-state index < -0.39 is 0 Å². The van der Waals surface area contributed by atoms with Gasteiger partial charge in [0.05, 0.1) is 0 Å². The van der Waals surface area contributed by atoms with Crippen LogP contribution in [0.1, 0.15) is 19.3 Å². The lowest BCUT2D eigenvalue weighted by Crippen LogP contribution is -2.36. The van der Waals surface area contributed by atoms with Gasteiger partial charge in [0.2, 0.25) is 0 Å².